The highest BCUT2D eigenvalue weighted by Gasteiger charge is 2.34. The first-order valence-corrected chi connectivity index (χ1v) is 16.0. The lowest BCUT2D eigenvalue weighted by molar-refractivity contribution is -0.168. The number of ether oxygens (including phenoxy) is 3. The van der Waals surface area contributed by atoms with Crippen molar-refractivity contribution < 1.29 is 23.8 Å². The standard InChI is InChI=1S/C29H34Cl3N3O5S/c1-18(36)39-27-17-38-28-23(12-21(30)13-26(28)40-27)29(37)33(2)14-20(19-3-4-24(31)25(32)11-19)5-6-34-15-22(16-34)35-7-9-41-10-8-35/h3-4,11-13,20,22,27H,5-10,14-17H2,1-2H3/t20-,27?/m1/s1. The molecule has 0 radical (unpaired) electrons. The molecule has 1 unspecified atom stereocenters. The van der Waals surface area contributed by atoms with Gasteiger partial charge in [-0.25, -0.2) is 0 Å². The quantitative estimate of drug-likeness (QED) is 0.342. The molecule has 5 rings (SSSR count). The number of esters is 1. The first kappa shape index (κ1) is 30.6. The van der Waals surface area contributed by atoms with E-state index in [0.717, 1.165) is 31.6 Å². The molecule has 0 N–H and O–H groups in total. The van der Waals surface area contributed by atoms with Crippen molar-refractivity contribution in [2.24, 2.45) is 0 Å². The molecule has 0 bridgehead atoms. The Morgan fingerprint density at radius 2 is 1.88 bits per heavy atom. The maximum absolute atomic E-state index is 13.7. The highest BCUT2D eigenvalue weighted by atomic mass is 35.5. The summed E-state index contributed by atoms with van der Waals surface area (Å²) in [5.74, 6) is 2.26. The molecule has 2 atom stereocenters. The molecule has 2 aromatic carbocycles. The summed E-state index contributed by atoms with van der Waals surface area (Å²) in [7, 11) is 1.76. The van der Waals surface area contributed by atoms with Gasteiger partial charge >= 0.3 is 5.97 Å². The molecule has 41 heavy (non-hydrogen) atoms. The third kappa shape index (κ3) is 7.56. The number of hydrogen-bond acceptors (Lipinski definition) is 8. The summed E-state index contributed by atoms with van der Waals surface area (Å²) in [6, 6.07) is 9.44. The minimum absolute atomic E-state index is 0.0306. The molecule has 3 aliphatic rings. The fourth-order valence-electron chi connectivity index (χ4n) is 5.52. The van der Waals surface area contributed by atoms with E-state index in [9.17, 15) is 9.59 Å². The summed E-state index contributed by atoms with van der Waals surface area (Å²) >= 11 is 21.0. The maximum atomic E-state index is 13.7. The van der Waals surface area contributed by atoms with Crippen LogP contribution in [0.4, 0.5) is 0 Å². The number of thioether (sulfide) groups is 1. The van der Waals surface area contributed by atoms with Gasteiger partial charge in [0.15, 0.2) is 18.1 Å². The number of likely N-dealkylation sites (N-methyl/N-ethyl adjacent to an activating group) is 1. The van der Waals surface area contributed by atoms with E-state index in [1.54, 1.807) is 30.1 Å². The third-order valence-electron chi connectivity index (χ3n) is 7.72. The van der Waals surface area contributed by atoms with E-state index in [2.05, 4.69) is 9.80 Å². The zero-order valence-electron chi connectivity index (χ0n) is 23.1. The summed E-state index contributed by atoms with van der Waals surface area (Å²) < 4.78 is 16.7. The molecule has 2 fully saturated rings. The van der Waals surface area contributed by atoms with Crippen LogP contribution in [0.3, 0.4) is 0 Å². The van der Waals surface area contributed by atoms with Crippen LogP contribution in [-0.2, 0) is 9.53 Å². The molecular weight excluding hydrogens is 609 g/mol. The van der Waals surface area contributed by atoms with Crippen molar-refractivity contribution in [3.8, 4) is 11.5 Å². The minimum atomic E-state index is -0.909. The van der Waals surface area contributed by atoms with Gasteiger partial charge in [-0.2, -0.15) is 11.8 Å². The van der Waals surface area contributed by atoms with Crippen LogP contribution in [0.1, 0.15) is 35.2 Å². The summed E-state index contributed by atoms with van der Waals surface area (Å²) in [6.45, 7) is 7.14. The van der Waals surface area contributed by atoms with Crippen molar-refractivity contribution in [3.63, 3.8) is 0 Å². The van der Waals surface area contributed by atoms with Crippen LogP contribution in [0.15, 0.2) is 30.3 Å². The molecule has 3 heterocycles. The van der Waals surface area contributed by atoms with Crippen LogP contribution in [0.2, 0.25) is 15.1 Å². The molecule has 8 nitrogen and oxygen atoms in total. The largest absolute Gasteiger partial charge is 0.481 e. The molecule has 222 valence electrons. The van der Waals surface area contributed by atoms with E-state index >= 15 is 0 Å². The number of nitrogens with zero attached hydrogens (tertiary/aromatic N) is 3. The van der Waals surface area contributed by atoms with E-state index < -0.39 is 12.3 Å². The van der Waals surface area contributed by atoms with Crippen LogP contribution in [0.5, 0.6) is 11.5 Å². The van der Waals surface area contributed by atoms with E-state index in [0.29, 0.717) is 27.7 Å². The van der Waals surface area contributed by atoms with E-state index in [1.165, 1.54) is 31.5 Å². The molecular formula is C29H34Cl3N3O5S. The Balaban J connectivity index is 1.27. The number of carbonyl (C=O) groups excluding carboxylic acids is 2. The van der Waals surface area contributed by atoms with Crippen LogP contribution in [0.25, 0.3) is 0 Å². The number of rotatable bonds is 9. The van der Waals surface area contributed by atoms with Gasteiger partial charge in [0.1, 0.15) is 0 Å². The monoisotopic (exact) mass is 641 g/mol. The van der Waals surface area contributed by atoms with Crippen LogP contribution < -0.4 is 9.47 Å². The molecule has 2 saturated heterocycles. The molecule has 0 aliphatic carbocycles. The predicted octanol–water partition coefficient (Wildman–Crippen LogP) is 5.29. The summed E-state index contributed by atoms with van der Waals surface area (Å²) in [4.78, 5) is 31.8. The Labute approximate surface area is 260 Å². The summed E-state index contributed by atoms with van der Waals surface area (Å²) in [6.07, 6.45) is -0.0525. The van der Waals surface area contributed by atoms with Gasteiger partial charge in [0.05, 0.1) is 15.6 Å². The number of fused-ring (bicyclic) bond motifs is 1. The number of hydrogen-bond donors (Lipinski definition) is 0. The number of benzene rings is 2. The molecule has 0 aromatic heterocycles. The maximum Gasteiger partial charge on any atom is 0.305 e. The van der Waals surface area contributed by atoms with Gasteiger partial charge in [-0.3, -0.25) is 14.5 Å². The van der Waals surface area contributed by atoms with E-state index in [1.807, 2.05) is 23.9 Å². The lowest BCUT2D eigenvalue weighted by atomic mass is 9.93. The zero-order chi connectivity index (χ0) is 29.1. The number of halogens is 3. The first-order valence-electron chi connectivity index (χ1n) is 13.7. The molecule has 12 heteroatoms. The van der Waals surface area contributed by atoms with Crippen LogP contribution in [-0.4, -0.2) is 103 Å². The van der Waals surface area contributed by atoms with E-state index in [-0.39, 0.29) is 35.5 Å². The second kappa shape index (κ2) is 13.6. The van der Waals surface area contributed by atoms with Crippen molar-refractivity contribution in [1.29, 1.82) is 0 Å². The molecule has 3 aliphatic heterocycles. The molecule has 1 amide bonds. The lowest BCUT2D eigenvalue weighted by Crippen LogP contribution is -2.61. The number of likely N-dealkylation sites (tertiary alicyclic amines) is 1. The fourth-order valence-corrected chi connectivity index (χ4v) is 6.97. The molecule has 0 spiro atoms. The number of carbonyl (C=O) groups is 2. The third-order valence-corrected chi connectivity index (χ3v) is 9.62. The van der Waals surface area contributed by atoms with E-state index in [4.69, 9.17) is 49.0 Å². The lowest BCUT2D eigenvalue weighted by Gasteiger charge is -2.47. The summed E-state index contributed by atoms with van der Waals surface area (Å²) in [5.41, 5.74) is 1.32. The smallest absolute Gasteiger partial charge is 0.305 e. The Morgan fingerprint density at radius 1 is 1.12 bits per heavy atom. The van der Waals surface area contributed by atoms with Crippen molar-refractivity contribution in [2.45, 2.75) is 31.6 Å². The minimum Gasteiger partial charge on any atom is -0.481 e. The van der Waals surface area contributed by atoms with Crippen LogP contribution in [0, 0.1) is 0 Å². The Hall–Kier alpha value is -1.88. The van der Waals surface area contributed by atoms with Gasteiger partial charge in [-0.15, -0.1) is 0 Å². The predicted molar refractivity (Wildman–Crippen MR) is 163 cm³/mol. The average Bonchev–Trinajstić information content (AvgIpc) is 2.92. The first-order chi connectivity index (χ1) is 19.7. The molecule has 2 aromatic rings. The van der Waals surface area contributed by atoms with Gasteiger partial charge in [-0.05, 0) is 36.7 Å². The highest BCUT2D eigenvalue weighted by Crippen LogP contribution is 2.39. The Bertz CT molecular complexity index is 1270. The van der Waals surface area contributed by atoms with Gasteiger partial charge in [0.2, 0.25) is 0 Å². The Morgan fingerprint density at radius 3 is 2.59 bits per heavy atom. The fraction of sp³-hybridized carbons (Fsp3) is 0.517. The normalized spacial score (nSPS) is 20.3. The Kier molecular flexibility index (Phi) is 10.2. The SMILES string of the molecule is CC(=O)OC1COc2c(cc(Cl)cc2C(=O)N(C)C[C@@H](CCN2CC(N3CCSCC3)C2)c2ccc(Cl)c(Cl)c2)O1. The van der Waals surface area contributed by atoms with Crippen molar-refractivity contribution in [1.82, 2.24) is 14.7 Å². The average molecular weight is 643 g/mol. The van der Waals surface area contributed by atoms with Gasteiger partial charge < -0.3 is 24.0 Å². The van der Waals surface area contributed by atoms with Crippen LogP contribution >= 0.6 is 46.6 Å². The van der Waals surface area contributed by atoms with Gasteiger partial charge in [0, 0.05) is 81.2 Å². The molecule has 0 saturated carbocycles. The second-order valence-corrected chi connectivity index (χ2v) is 13.1. The highest BCUT2D eigenvalue weighted by molar-refractivity contribution is 7.99. The second-order valence-electron chi connectivity index (χ2n) is 10.7. The van der Waals surface area contributed by atoms with Crippen molar-refractivity contribution in [3.05, 3.63) is 56.5 Å². The topological polar surface area (TPSA) is 71.6 Å². The van der Waals surface area contributed by atoms with Crippen molar-refractivity contribution >= 4 is 58.4 Å². The zero-order valence-corrected chi connectivity index (χ0v) is 26.2. The number of amides is 1. The van der Waals surface area contributed by atoms with Gasteiger partial charge in [0.25, 0.3) is 12.2 Å². The summed E-state index contributed by atoms with van der Waals surface area (Å²) in [5, 5.41) is 1.30. The van der Waals surface area contributed by atoms with Gasteiger partial charge in [-0.1, -0.05) is 40.9 Å². The van der Waals surface area contributed by atoms with Crippen molar-refractivity contribution in [2.75, 3.05) is 64.4 Å².